The third-order valence-electron chi connectivity index (χ3n) is 3.39. The first-order valence-corrected chi connectivity index (χ1v) is 6.80. The Morgan fingerprint density at radius 1 is 1.53 bits per heavy atom. The van der Waals surface area contributed by atoms with Gasteiger partial charge in [-0.05, 0) is 37.6 Å². The van der Waals surface area contributed by atoms with Crippen LogP contribution in [0.15, 0.2) is 22.7 Å². The van der Waals surface area contributed by atoms with Crippen LogP contribution >= 0.6 is 15.9 Å². The Balaban J connectivity index is 2.14. The minimum Gasteiger partial charge on any atom is -0.496 e. The maximum atomic E-state index is 5.80. The van der Waals surface area contributed by atoms with E-state index in [-0.39, 0.29) is 0 Å². The molecule has 1 atom stereocenters. The predicted molar refractivity (Wildman–Crippen MR) is 73.2 cm³/mol. The van der Waals surface area contributed by atoms with E-state index in [0.717, 1.165) is 29.9 Å². The minimum atomic E-state index is 0.527. The number of methoxy groups -OCH3 is 1. The lowest BCUT2D eigenvalue weighted by atomic mass is 10.1. The third kappa shape index (κ3) is 3.00. The first-order chi connectivity index (χ1) is 8.24. The van der Waals surface area contributed by atoms with Crippen molar-refractivity contribution in [2.75, 3.05) is 20.2 Å². The normalized spacial score (nSPS) is 20.8. The molecular formula is C13H19BrN2O. The summed E-state index contributed by atoms with van der Waals surface area (Å²) in [4.78, 5) is 2.45. The van der Waals surface area contributed by atoms with Gasteiger partial charge in [0.15, 0.2) is 0 Å². The van der Waals surface area contributed by atoms with Crippen molar-refractivity contribution in [3.8, 4) is 5.75 Å². The quantitative estimate of drug-likeness (QED) is 0.927. The van der Waals surface area contributed by atoms with Crippen LogP contribution in [0, 0.1) is 0 Å². The number of halogens is 1. The summed E-state index contributed by atoms with van der Waals surface area (Å²) in [5, 5.41) is 0. The van der Waals surface area contributed by atoms with Crippen LogP contribution in [-0.4, -0.2) is 31.1 Å². The van der Waals surface area contributed by atoms with Crippen molar-refractivity contribution in [1.29, 1.82) is 0 Å². The van der Waals surface area contributed by atoms with Gasteiger partial charge in [-0.1, -0.05) is 15.9 Å². The number of likely N-dealkylation sites (tertiary alicyclic amines) is 1. The molecule has 1 unspecified atom stereocenters. The molecule has 0 aromatic heterocycles. The summed E-state index contributed by atoms with van der Waals surface area (Å²) >= 11 is 3.51. The van der Waals surface area contributed by atoms with Crippen LogP contribution in [0.4, 0.5) is 0 Å². The van der Waals surface area contributed by atoms with Gasteiger partial charge in [0.25, 0.3) is 0 Å². The molecule has 0 saturated carbocycles. The van der Waals surface area contributed by atoms with Gasteiger partial charge in [-0.3, -0.25) is 4.90 Å². The molecule has 3 nitrogen and oxygen atoms in total. The van der Waals surface area contributed by atoms with E-state index < -0.39 is 0 Å². The van der Waals surface area contributed by atoms with E-state index in [1.807, 2.05) is 12.1 Å². The van der Waals surface area contributed by atoms with E-state index in [9.17, 15) is 0 Å². The molecule has 2 N–H and O–H groups in total. The molecule has 0 aliphatic carbocycles. The third-order valence-corrected chi connectivity index (χ3v) is 3.88. The number of nitrogens with zero attached hydrogens (tertiary/aromatic N) is 1. The minimum absolute atomic E-state index is 0.527. The Morgan fingerprint density at radius 2 is 2.35 bits per heavy atom. The van der Waals surface area contributed by atoms with Crippen LogP contribution in [0.3, 0.4) is 0 Å². The summed E-state index contributed by atoms with van der Waals surface area (Å²) in [6.45, 7) is 2.80. The molecule has 0 spiro atoms. The molecule has 1 aromatic rings. The van der Waals surface area contributed by atoms with Crippen molar-refractivity contribution in [2.45, 2.75) is 25.4 Å². The predicted octanol–water partition coefficient (Wildman–Crippen LogP) is 2.38. The highest BCUT2D eigenvalue weighted by Gasteiger charge is 2.23. The zero-order chi connectivity index (χ0) is 12.3. The first kappa shape index (κ1) is 12.9. The van der Waals surface area contributed by atoms with E-state index in [2.05, 4.69) is 26.9 Å². The summed E-state index contributed by atoms with van der Waals surface area (Å²) < 4.78 is 6.50. The van der Waals surface area contributed by atoms with Gasteiger partial charge < -0.3 is 10.5 Å². The van der Waals surface area contributed by atoms with Crippen LogP contribution < -0.4 is 10.5 Å². The summed E-state index contributed by atoms with van der Waals surface area (Å²) in [7, 11) is 1.72. The second-order valence-electron chi connectivity index (χ2n) is 4.46. The Kier molecular flexibility index (Phi) is 4.42. The van der Waals surface area contributed by atoms with Gasteiger partial charge >= 0.3 is 0 Å². The fourth-order valence-electron chi connectivity index (χ4n) is 2.46. The highest BCUT2D eigenvalue weighted by molar-refractivity contribution is 9.10. The molecule has 17 heavy (non-hydrogen) atoms. The molecule has 1 heterocycles. The molecule has 0 amide bonds. The van der Waals surface area contributed by atoms with Crippen molar-refractivity contribution in [3.63, 3.8) is 0 Å². The average Bonchev–Trinajstić information content (AvgIpc) is 2.77. The number of rotatable bonds is 4. The van der Waals surface area contributed by atoms with E-state index >= 15 is 0 Å². The topological polar surface area (TPSA) is 38.5 Å². The Morgan fingerprint density at radius 3 is 3.06 bits per heavy atom. The van der Waals surface area contributed by atoms with Gasteiger partial charge in [0.2, 0.25) is 0 Å². The summed E-state index contributed by atoms with van der Waals surface area (Å²) in [6, 6.07) is 6.67. The Labute approximate surface area is 111 Å². The number of hydrogen-bond acceptors (Lipinski definition) is 3. The van der Waals surface area contributed by atoms with Crippen LogP contribution in [0.25, 0.3) is 0 Å². The van der Waals surface area contributed by atoms with Crippen molar-refractivity contribution < 1.29 is 4.74 Å². The molecular weight excluding hydrogens is 280 g/mol. The molecule has 1 aromatic carbocycles. The summed E-state index contributed by atoms with van der Waals surface area (Å²) in [5.74, 6) is 0.955. The summed E-state index contributed by atoms with van der Waals surface area (Å²) in [5.41, 5.74) is 7.02. The van der Waals surface area contributed by atoms with Crippen molar-refractivity contribution in [3.05, 3.63) is 28.2 Å². The van der Waals surface area contributed by atoms with E-state index in [4.69, 9.17) is 10.5 Å². The second-order valence-corrected chi connectivity index (χ2v) is 5.37. The molecule has 0 radical (unpaired) electrons. The number of nitrogens with two attached hydrogens (primary N) is 1. The highest BCUT2D eigenvalue weighted by Crippen LogP contribution is 2.27. The number of ether oxygens (including phenoxy) is 1. The highest BCUT2D eigenvalue weighted by atomic mass is 79.9. The molecule has 1 aliphatic rings. The number of hydrogen-bond donors (Lipinski definition) is 1. The molecule has 1 aliphatic heterocycles. The molecule has 1 saturated heterocycles. The van der Waals surface area contributed by atoms with Crippen LogP contribution in [0.1, 0.15) is 18.4 Å². The van der Waals surface area contributed by atoms with Gasteiger partial charge in [-0.25, -0.2) is 0 Å². The smallest absolute Gasteiger partial charge is 0.123 e. The van der Waals surface area contributed by atoms with Gasteiger partial charge in [-0.2, -0.15) is 0 Å². The SMILES string of the molecule is COc1ccc(Br)cc1CN1CCCC1CN. The fourth-order valence-corrected chi connectivity index (χ4v) is 2.87. The maximum absolute atomic E-state index is 5.80. The van der Waals surface area contributed by atoms with Gasteiger partial charge in [0, 0.05) is 29.2 Å². The van der Waals surface area contributed by atoms with Crippen molar-refractivity contribution in [2.24, 2.45) is 5.73 Å². The molecule has 94 valence electrons. The van der Waals surface area contributed by atoms with Crippen LogP contribution in [0.5, 0.6) is 5.75 Å². The lowest BCUT2D eigenvalue weighted by molar-refractivity contribution is 0.246. The van der Waals surface area contributed by atoms with Crippen LogP contribution in [0.2, 0.25) is 0 Å². The maximum Gasteiger partial charge on any atom is 0.123 e. The first-order valence-electron chi connectivity index (χ1n) is 6.01. The van der Waals surface area contributed by atoms with E-state index in [1.165, 1.54) is 18.4 Å². The lowest BCUT2D eigenvalue weighted by Crippen LogP contribution is -2.34. The van der Waals surface area contributed by atoms with Gasteiger partial charge in [0.05, 0.1) is 7.11 Å². The van der Waals surface area contributed by atoms with E-state index in [1.54, 1.807) is 7.11 Å². The molecule has 1 fully saturated rings. The second kappa shape index (κ2) is 5.85. The van der Waals surface area contributed by atoms with E-state index in [0.29, 0.717) is 6.04 Å². The van der Waals surface area contributed by atoms with Crippen LogP contribution in [-0.2, 0) is 6.54 Å². The van der Waals surface area contributed by atoms with Crippen molar-refractivity contribution in [1.82, 2.24) is 4.90 Å². The van der Waals surface area contributed by atoms with Gasteiger partial charge in [-0.15, -0.1) is 0 Å². The zero-order valence-electron chi connectivity index (χ0n) is 10.2. The standard InChI is InChI=1S/C13H19BrN2O/c1-17-13-5-4-11(14)7-10(13)9-16-6-2-3-12(16)8-15/h4-5,7,12H,2-3,6,8-9,15H2,1H3. The average molecular weight is 299 g/mol. The zero-order valence-corrected chi connectivity index (χ0v) is 11.7. The molecule has 2 rings (SSSR count). The molecule has 4 heteroatoms. The number of benzene rings is 1. The molecule has 0 bridgehead atoms. The Bertz CT molecular complexity index is 384. The fraction of sp³-hybridized carbons (Fsp3) is 0.538. The summed E-state index contributed by atoms with van der Waals surface area (Å²) in [6.07, 6.45) is 2.46. The lowest BCUT2D eigenvalue weighted by Gasteiger charge is -2.24. The van der Waals surface area contributed by atoms with Crippen molar-refractivity contribution >= 4 is 15.9 Å². The Hall–Kier alpha value is -0.580. The largest absolute Gasteiger partial charge is 0.496 e. The monoisotopic (exact) mass is 298 g/mol. The van der Waals surface area contributed by atoms with Gasteiger partial charge in [0.1, 0.15) is 5.75 Å².